The molecule has 0 aliphatic rings. The van der Waals surface area contributed by atoms with Gasteiger partial charge in [-0.2, -0.15) is 15.3 Å². The monoisotopic (exact) mass is 436 g/mol. The van der Waals surface area contributed by atoms with E-state index in [1.54, 1.807) is 17.1 Å². The Morgan fingerprint density at radius 3 is 2.69 bits per heavy atom. The van der Waals surface area contributed by atoms with Gasteiger partial charge in [0.2, 0.25) is 0 Å². The zero-order valence-electron chi connectivity index (χ0n) is 14.9. The number of aryl methyl sites for hydroxylation is 2. The van der Waals surface area contributed by atoms with Gasteiger partial charge in [0, 0.05) is 31.0 Å². The lowest BCUT2D eigenvalue weighted by Crippen LogP contribution is -2.28. The molecule has 0 bridgehead atoms. The van der Waals surface area contributed by atoms with Crippen molar-refractivity contribution < 1.29 is 0 Å². The average molecular weight is 437 g/mol. The van der Waals surface area contributed by atoms with Crippen molar-refractivity contribution in [2.45, 2.75) is 33.5 Å². The Morgan fingerprint density at radius 2 is 2.04 bits per heavy atom. The van der Waals surface area contributed by atoms with Gasteiger partial charge in [-0.05, 0) is 42.0 Å². The molecule has 0 aliphatic heterocycles. The Hall–Kier alpha value is -2.20. The number of nitrogens with zero attached hydrogens (tertiary/aromatic N) is 6. The summed E-state index contributed by atoms with van der Waals surface area (Å²) in [4.78, 5) is 0. The van der Waals surface area contributed by atoms with E-state index in [4.69, 9.17) is 12.2 Å². The molecular weight excluding hydrogens is 416 g/mol. The summed E-state index contributed by atoms with van der Waals surface area (Å²) >= 11 is 8.83. The molecule has 0 fully saturated rings. The van der Waals surface area contributed by atoms with Crippen molar-refractivity contribution in [3.8, 4) is 0 Å². The predicted molar refractivity (Wildman–Crippen MR) is 108 cm³/mol. The van der Waals surface area contributed by atoms with Crippen LogP contribution in [0.15, 0.2) is 29.3 Å². The van der Waals surface area contributed by atoms with Crippen LogP contribution in [0.3, 0.4) is 0 Å². The third-order valence-corrected chi connectivity index (χ3v) is 5.06. The van der Waals surface area contributed by atoms with Crippen molar-refractivity contribution in [2.24, 2.45) is 7.05 Å². The molecule has 0 radical (unpaired) electrons. The second-order valence-electron chi connectivity index (χ2n) is 5.87. The molecule has 0 atom stereocenters. The minimum atomic E-state index is 0.535. The summed E-state index contributed by atoms with van der Waals surface area (Å²) in [6.45, 7) is 6.27. The van der Waals surface area contributed by atoms with Gasteiger partial charge in [0.15, 0.2) is 5.11 Å². The van der Waals surface area contributed by atoms with Crippen molar-refractivity contribution in [3.05, 3.63) is 46.2 Å². The first-order valence-electron chi connectivity index (χ1n) is 8.23. The van der Waals surface area contributed by atoms with Gasteiger partial charge >= 0.3 is 0 Å². The second kappa shape index (κ2) is 8.00. The first kappa shape index (κ1) is 18.6. The fourth-order valence-electron chi connectivity index (χ4n) is 2.62. The molecular formula is C16H21BrN8S. The summed E-state index contributed by atoms with van der Waals surface area (Å²) in [7, 11) is 1.89. The highest BCUT2D eigenvalue weighted by molar-refractivity contribution is 9.10. The van der Waals surface area contributed by atoms with Crippen molar-refractivity contribution in [3.63, 3.8) is 0 Å². The molecule has 3 heterocycles. The van der Waals surface area contributed by atoms with E-state index in [0.29, 0.717) is 18.2 Å². The lowest BCUT2D eigenvalue weighted by atomic mass is 10.2. The van der Waals surface area contributed by atoms with Crippen LogP contribution in [0.25, 0.3) is 0 Å². The minimum absolute atomic E-state index is 0.535. The highest BCUT2D eigenvalue weighted by Gasteiger charge is 2.09. The van der Waals surface area contributed by atoms with Gasteiger partial charge < -0.3 is 10.6 Å². The SMILES string of the molecule is CCn1ncc(Cn2cc(NC(=S)NCc3c(Br)cnn3C)cn2)c1C. The van der Waals surface area contributed by atoms with E-state index in [0.717, 1.165) is 33.7 Å². The number of hydrogen-bond donors (Lipinski definition) is 2. The molecule has 0 aliphatic carbocycles. The number of rotatable bonds is 6. The fourth-order valence-corrected chi connectivity index (χ4v) is 3.30. The van der Waals surface area contributed by atoms with Crippen LogP contribution >= 0.6 is 28.1 Å². The maximum absolute atomic E-state index is 5.36. The van der Waals surface area contributed by atoms with Crippen LogP contribution in [0.2, 0.25) is 0 Å². The molecule has 3 rings (SSSR count). The van der Waals surface area contributed by atoms with E-state index >= 15 is 0 Å². The molecule has 138 valence electrons. The van der Waals surface area contributed by atoms with Crippen LogP contribution in [0, 0.1) is 6.92 Å². The van der Waals surface area contributed by atoms with Gasteiger partial charge in [0.1, 0.15) is 0 Å². The molecule has 10 heteroatoms. The Morgan fingerprint density at radius 1 is 1.23 bits per heavy atom. The Bertz CT molecular complexity index is 890. The molecule has 0 saturated heterocycles. The van der Waals surface area contributed by atoms with Crippen LogP contribution in [0.1, 0.15) is 23.9 Å². The molecule has 8 nitrogen and oxygen atoms in total. The fraction of sp³-hybridized carbons (Fsp3) is 0.375. The van der Waals surface area contributed by atoms with Crippen LogP contribution in [0.4, 0.5) is 5.69 Å². The lowest BCUT2D eigenvalue weighted by Gasteiger charge is -2.09. The van der Waals surface area contributed by atoms with Crippen LogP contribution < -0.4 is 10.6 Å². The topological polar surface area (TPSA) is 77.5 Å². The highest BCUT2D eigenvalue weighted by atomic mass is 79.9. The Kier molecular flexibility index (Phi) is 5.72. The molecule has 0 unspecified atom stereocenters. The quantitative estimate of drug-likeness (QED) is 0.577. The third kappa shape index (κ3) is 4.13. The van der Waals surface area contributed by atoms with Crippen LogP contribution in [-0.2, 0) is 26.7 Å². The van der Waals surface area contributed by atoms with Gasteiger partial charge in [-0.15, -0.1) is 0 Å². The molecule has 2 N–H and O–H groups in total. The minimum Gasteiger partial charge on any atom is -0.357 e. The number of aromatic nitrogens is 6. The first-order chi connectivity index (χ1) is 12.5. The second-order valence-corrected chi connectivity index (χ2v) is 7.13. The van der Waals surface area contributed by atoms with Gasteiger partial charge in [-0.25, -0.2) is 0 Å². The van der Waals surface area contributed by atoms with Gasteiger partial charge in [-0.3, -0.25) is 14.0 Å². The summed E-state index contributed by atoms with van der Waals surface area (Å²) in [5.41, 5.74) is 4.18. The van der Waals surface area contributed by atoms with Crippen molar-refractivity contribution in [1.29, 1.82) is 0 Å². The zero-order valence-corrected chi connectivity index (χ0v) is 17.3. The zero-order chi connectivity index (χ0) is 18.7. The maximum atomic E-state index is 5.36. The number of halogens is 1. The van der Waals surface area contributed by atoms with E-state index in [-0.39, 0.29) is 0 Å². The molecule has 0 saturated carbocycles. The van der Waals surface area contributed by atoms with E-state index in [1.165, 1.54) is 0 Å². The number of anilines is 1. The Labute approximate surface area is 165 Å². The van der Waals surface area contributed by atoms with Crippen LogP contribution in [-0.4, -0.2) is 34.5 Å². The van der Waals surface area contributed by atoms with Gasteiger partial charge in [0.05, 0.1) is 47.5 Å². The smallest absolute Gasteiger partial charge is 0.171 e. The van der Waals surface area contributed by atoms with Crippen molar-refractivity contribution >= 4 is 38.9 Å². The largest absolute Gasteiger partial charge is 0.357 e. The van der Waals surface area contributed by atoms with Gasteiger partial charge in [-0.1, -0.05) is 0 Å². The number of thiocarbonyl (C=S) groups is 1. The summed E-state index contributed by atoms with van der Waals surface area (Å²) in [5, 5.41) is 19.8. The molecule has 26 heavy (non-hydrogen) atoms. The summed E-state index contributed by atoms with van der Waals surface area (Å²) < 4.78 is 6.60. The van der Waals surface area contributed by atoms with Crippen LogP contribution in [0.5, 0.6) is 0 Å². The maximum Gasteiger partial charge on any atom is 0.171 e. The molecule has 0 amide bonds. The standard InChI is InChI=1S/C16H21BrN8S/c1-4-25-11(2)12(5-21-25)9-24-10-13(6-20-24)22-16(26)18-8-15-14(17)7-19-23(15)3/h5-7,10H,4,8-9H2,1-3H3,(H2,18,22,26). The average Bonchev–Trinajstić information content (AvgIpc) is 3.28. The summed E-state index contributed by atoms with van der Waals surface area (Å²) in [5.74, 6) is 0. The first-order valence-corrected chi connectivity index (χ1v) is 9.43. The predicted octanol–water partition coefficient (Wildman–Crippen LogP) is 2.44. The lowest BCUT2D eigenvalue weighted by molar-refractivity contribution is 0.633. The molecule has 3 aromatic rings. The normalized spacial score (nSPS) is 10.9. The molecule has 0 spiro atoms. The highest BCUT2D eigenvalue weighted by Crippen LogP contribution is 2.15. The van der Waals surface area contributed by atoms with E-state index in [1.807, 2.05) is 28.8 Å². The number of hydrogen-bond acceptors (Lipinski definition) is 4. The van der Waals surface area contributed by atoms with Crippen molar-refractivity contribution in [2.75, 3.05) is 5.32 Å². The molecule has 0 aromatic carbocycles. The van der Waals surface area contributed by atoms with E-state index < -0.39 is 0 Å². The van der Waals surface area contributed by atoms with E-state index in [2.05, 4.69) is 55.7 Å². The van der Waals surface area contributed by atoms with Crippen molar-refractivity contribution in [1.82, 2.24) is 34.7 Å². The molecule has 3 aromatic heterocycles. The number of nitrogens with one attached hydrogen (secondary N) is 2. The summed E-state index contributed by atoms with van der Waals surface area (Å²) in [6.07, 6.45) is 7.34. The third-order valence-electron chi connectivity index (χ3n) is 4.15. The Balaban J connectivity index is 1.56. The van der Waals surface area contributed by atoms with E-state index in [9.17, 15) is 0 Å². The summed E-state index contributed by atoms with van der Waals surface area (Å²) in [6, 6.07) is 0. The van der Waals surface area contributed by atoms with Gasteiger partial charge in [0.25, 0.3) is 0 Å².